The van der Waals surface area contributed by atoms with Gasteiger partial charge >= 0.3 is 0 Å². The van der Waals surface area contributed by atoms with Gasteiger partial charge in [0, 0.05) is 0 Å². The molecule has 0 amide bonds. The second kappa shape index (κ2) is 2.91. The Kier molecular flexibility index (Phi) is 2.13. The van der Waals surface area contributed by atoms with Crippen molar-refractivity contribution in [3.05, 3.63) is 12.2 Å². The Morgan fingerprint density at radius 2 is 2.12 bits per heavy atom. The van der Waals surface area contributed by atoms with E-state index >= 15 is 0 Å². The molecule has 1 aliphatic carbocycles. The first-order valence-electron chi connectivity index (χ1n) is 3.58. The highest BCUT2D eigenvalue weighted by Gasteiger charge is 2.18. The normalized spacial score (nSPS) is 20.1. The maximum absolute atomic E-state index is 2.32. The summed E-state index contributed by atoms with van der Waals surface area (Å²) in [7, 11) is 0. The van der Waals surface area contributed by atoms with Crippen LogP contribution in [0.4, 0.5) is 0 Å². The molecule has 8 heavy (non-hydrogen) atoms. The Hall–Kier alpha value is -0.260. The van der Waals surface area contributed by atoms with E-state index in [2.05, 4.69) is 19.1 Å². The molecule has 1 saturated carbocycles. The third-order valence-corrected chi connectivity index (χ3v) is 1.57. The molecule has 1 aliphatic rings. The quantitative estimate of drug-likeness (QED) is 0.490. The molecule has 0 aliphatic heterocycles. The van der Waals surface area contributed by atoms with Crippen molar-refractivity contribution in [3.63, 3.8) is 0 Å². The fourth-order valence-electron chi connectivity index (χ4n) is 0.809. The topological polar surface area (TPSA) is 0 Å². The molecular formula is C8H14. The van der Waals surface area contributed by atoms with Crippen LogP contribution in [-0.2, 0) is 0 Å². The van der Waals surface area contributed by atoms with Crippen LogP contribution < -0.4 is 0 Å². The van der Waals surface area contributed by atoms with E-state index < -0.39 is 0 Å². The highest BCUT2D eigenvalue weighted by Crippen LogP contribution is 2.32. The molecule has 0 nitrogen and oxygen atoms in total. The van der Waals surface area contributed by atoms with Gasteiger partial charge in [0.1, 0.15) is 0 Å². The lowest BCUT2D eigenvalue weighted by Gasteiger charge is -1.82. The second-order valence-corrected chi connectivity index (χ2v) is 2.56. The smallest absolute Gasteiger partial charge is 0.0322 e. The standard InChI is InChI=1S/C8H14/c1-2-3-4-5-8-6-7-8/h3-4,8H,2,5-7H2,1H3. The van der Waals surface area contributed by atoms with Crippen molar-refractivity contribution >= 4 is 0 Å². The molecule has 0 radical (unpaired) electrons. The summed E-state index contributed by atoms with van der Waals surface area (Å²) in [6, 6.07) is 0. The molecule has 0 heteroatoms. The predicted molar refractivity (Wildman–Crippen MR) is 36.8 cm³/mol. The van der Waals surface area contributed by atoms with Crippen molar-refractivity contribution in [1.82, 2.24) is 0 Å². The second-order valence-electron chi connectivity index (χ2n) is 2.56. The largest absolute Gasteiger partial charge is 0.0888 e. The van der Waals surface area contributed by atoms with Crippen LogP contribution in [0.5, 0.6) is 0 Å². The average Bonchev–Trinajstić information content (AvgIpc) is 2.51. The molecule has 0 N–H and O–H groups in total. The third kappa shape index (κ3) is 2.15. The van der Waals surface area contributed by atoms with E-state index in [9.17, 15) is 0 Å². The van der Waals surface area contributed by atoms with Crippen molar-refractivity contribution in [2.24, 2.45) is 5.92 Å². The van der Waals surface area contributed by atoms with Crippen molar-refractivity contribution < 1.29 is 0 Å². The molecular weight excluding hydrogens is 96.1 g/mol. The van der Waals surface area contributed by atoms with Crippen LogP contribution in [0.25, 0.3) is 0 Å². The summed E-state index contributed by atoms with van der Waals surface area (Å²) < 4.78 is 0. The monoisotopic (exact) mass is 110 g/mol. The van der Waals surface area contributed by atoms with Gasteiger partial charge in [0.25, 0.3) is 0 Å². The fraction of sp³-hybridized carbons (Fsp3) is 0.750. The molecule has 0 aromatic rings. The zero-order chi connectivity index (χ0) is 5.82. The molecule has 0 unspecified atom stereocenters. The molecule has 0 saturated heterocycles. The molecule has 0 aromatic carbocycles. The minimum atomic E-state index is 1.07. The van der Waals surface area contributed by atoms with Gasteiger partial charge < -0.3 is 0 Å². The van der Waals surface area contributed by atoms with Gasteiger partial charge in [0.05, 0.1) is 0 Å². The first-order chi connectivity index (χ1) is 3.93. The Labute approximate surface area is 51.6 Å². The molecule has 46 valence electrons. The van der Waals surface area contributed by atoms with Gasteiger partial charge in [-0.2, -0.15) is 0 Å². The number of hydrogen-bond donors (Lipinski definition) is 0. The summed E-state index contributed by atoms with van der Waals surface area (Å²) >= 11 is 0. The average molecular weight is 110 g/mol. The molecule has 0 heterocycles. The SMILES string of the molecule is CCC=CCC1CC1. The number of rotatable bonds is 3. The van der Waals surface area contributed by atoms with E-state index in [1.807, 2.05) is 0 Å². The van der Waals surface area contributed by atoms with Crippen LogP contribution in [0.1, 0.15) is 32.6 Å². The highest BCUT2D eigenvalue weighted by atomic mass is 14.2. The summed E-state index contributed by atoms with van der Waals surface area (Å²) in [6.45, 7) is 2.18. The lowest BCUT2D eigenvalue weighted by Crippen LogP contribution is -1.66. The van der Waals surface area contributed by atoms with Gasteiger partial charge in [0.2, 0.25) is 0 Å². The summed E-state index contributed by atoms with van der Waals surface area (Å²) in [5.74, 6) is 1.07. The van der Waals surface area contributed by atoms with Crippen LogP contribution >= 0.6 is 0 Å². The first-order valence-corrected chi connectivity index (χ1v) is 3.58. The molecule has 0 bridgehead atoms. The van der Waals surface area contributed by atoms with E-state index in [0.717, 1.165) is 5.92 Å². The van der Waals surface area contributed by atoms with Crippen LogP contribution in [0.2, 0.25) is 0 Å². The zero-order valence-electron chi connectivity index (χ0n) is 5.56. The van der Waals surface area contributed by atoms with Crippen molar-refractivity contribution in [2.75, 3.05) is 0 Å². The Bertz CT molecular complexity index is 78.0. The van der Waals surface area contributed by atoms with Crippen molar-refractivity contribution in [2.45, 2.75) is 32.6 Å². The van der Waals surface area contributed by atoms with Crippen LogP contribution in [-0.4, -0.2) is 0 Å². The molecule has 0 atom stereocenters. The lowest BCUT2D eigenvalue weighted by atomic mass is 10.2. The summed E-state index contributed by atoms with van der Waals surface area (Å²) in [5, 5.41) is 0. The van der Waals surface area contributed by atoms with E-state index in [-0.39, 0.29) is 0 Å². The van der Waals surface area contributed by atoms with Crippen LogP contribution in [0, 0.1) is 5.92 Å². The van der Waals surface area contributed by atoms with E-state index in [0.29, 0.717) is 0 Å². The minimum Gasteiger partial charge on any atom is -0.0888 e. The predicted octanol–water partition coefficient (Wildman–Crippen LogP) is 2.75. The lowest BCUT2D eigenvalue weighted by molar-refractivity contribution is 0.859. The number of allylic oxidation sites excluding steroid dienone is 2. The summed E-state index contributed by atoms with van der Waals surface area (Å²) in [5.41, 5.74) is 0. The maximum Gasteiger partial charge on any atom is -0.0322 e. The minimum absolute atomic E-state index is 1.07. The molecule has 1 rings (SSSR count). The summed E-state index contributed by atoms with van der Waals surface area (Å²) in [4.78, 5) is 0. The van der Waals surface area contributed by atoms with Gasteiger partial charge in [-0.15, -0.1) is 0 Å². The van der Waals surface area contributed by atoms with E-state index in [4.69, 9.17) is 0 Å². The van der Waals surface area contributed by atoms with Gasteiger partial charge in [-0.3, -0.25) is 0 Å². The Morgan fingerprint density at radius 3 is 2.62 bits per heavy atom. The summed E-state index contributed by atoms with van der Waals surface area (Å²) in [6.07, 6.45) is 10.1. The zero-order valence-corrected chi connectivity index (χ0v) is 5.56. The van der Waals surface area contributed by atoms with Crippen molar-refractivity contribution in [1.29, 1.82) is 0 Å². The van der Waals surface area contributed by atoms with E-state index in [1.54, 1.807) is 0 Å². The molecule has 0 aromatic heterocycles. The molecule has 0 spiro atoms. The third-order valence-electron chi connectivity index (χ3n) is 1.57. The maximum atomic E-state index is 2.32. The van der Waals surface area contributed by atoms with Crippen LogP contribution in [0.3, 0.4) is 0 Å². The van der Waals surface area contributed by atoms with Gasteiger partial charge in [-0.05, 0) is 31.6 Å². The van der Waals surface area contributed by atoms with Gasteiger partial charge in [-0.25, -0.2) is 0 Å². The van der Waals surface area contributed by atoms with Crippen LogP contribution in [0.15, 0.2) is 12.2 Å². The van der Waals surface area contributed by atoms with E-state index in [1.165, 1.54) is 25.7 Å². The van der Waals surface area contributed by atoms with Crippen molar-refractivity contribution in [3.8, 4) is 0 Å². The number of hydrogen-bond acceptors (Lipinski definition) is 0. The van der Waals surface area contributed by atoms with Gasteiger partial charge in [-0.1, -0.05) is 19.1 Å². The Balaban J connectivity index is 1.93. The molecule has 1 fully saturated rings. The highest BCUT2D eigenvalue weighted by molar-refractivity contribution is 4.87. The first kappa shape index (κ1) is 5.87. The Morgan fingerprint density at radius 1 is 1.38 bits per heavy atom. The fourth-order valence-corrected chi connectivity index (χ4v) is 0.809. The van der Waals surface area contributed by atoms with Gasteiger partial charge in [0.15, 0.2) is 0 Å².